The SMILES string of the molecule is NC(N)=S.NC(N)=S. The second-order valence-electron chi connectivity index (χ2n) is 0.805. The van der Waals surface area contributed by atoms with Crippen LogP contribution in [0.4, 0.5) is 0 Å². The number of hydrogen-bond acceptors (Lipinski definition) is 2. The molecule has 4 nitrogen and oxygen atoms in total. The van der Waals surface area contributed by atoms with E-state index in [1.807, 2.05) is 0 Å². The summed E-state index contributed by atoms with van der Waals surface area (Å²) < 4.78 is 0. The van der Waals surface area contributed by atoms with Crippen LogP contribution in [0.2, 0.25) is 0 Å². The molecule has 0 saturated heterocycles. The van der Waals surface area contributed by atoms with Crippen molar-refractivity contribution in [3.63, 3.8) is 0 Å². The lowest BCUT2D eigenvalue weighted by Gasteiger charge is -1.68. The molecule has 8 heavy (non-hydrogen) atoms. The zero-order valence-corrected chi connectivity index (χ0v) is 5.76. The molecule has 0 atom stereocenters. The molecule has 0 rings (SSSR count). The van der Waals surface area contributed by atoms with Gasteiger partial charge in [-0.1, -0.05) is 0 Å². The van der Waals surface area contributed by atoms with Gasteiger partial charge in [0.1, 0.15) is 0 Å². The lowest BCUT2D eigenvalue weighted by atomic mass is 11.3. The van der Waals surface area contributed by atoms with E-state index in [0.717, 1.165) is 0 Å². The third-order valence-corrected chi connectivity index (χ3v) is 0. The highest BCUT2D eigenvalue weighted by molar-refractivity contribution is 7.80. The Labute approximate surface area is 58.2 Å². The zero-order valence-electron chi connectivity index (χ0n) is 4.13. The van der Waals surface area contributed by atoms with Gasteiger partial charge in [0.05, 0.1) is 0 Å². The standard InChI is InChI=1S/2CH4N2S/c2*2-1(3)4/h2*(H4,2,3,4). The van der Waals surface area contributed by atoms with Gasteiger partial charge in [0.25, 0.3) is 0 Å². The average Bonchev–Trinajstić information content (AvgIpc) is 1.25. The lowest BCUT2D eigenvalue weighted by molar-refractivity contribution is 1.65. The van der Waals surface area contributed by atoms with Gasteiger partial charge in [-0.2, -0.15) is 0 Å². The summed E-state index contributed by atoms with van der Waals surface area (Å²) in [4.78, 5) is 0. The molecule has 0 aliphatic heterocycles. The lowest BCUT2D eigenvalue weighted by Crippen LogP contribution is -2.18. The van der Waals surface area contributed by atoms with Crippen molar-refractivity contribution in [3.8, 4) is 0 Å². The fourth-order valence-electron chi connectivity index (χ4n) is 0. The topological polar surface area (TPSA) is 104 Å². The smallest absolute Gasteiger partial charge is 0.160 e. The van der Waals surface area contributed by atoms with Gasteiger partial charge in [-0.15, -0.1) is 0 Å². The average molecular weight is 152 g/mol. The maximum atomic E-state index is 4.62. The Morgan fingerprint density at radius 2 is 0.750 bits per heavy atom. The highest BCUT2D eigenvalue weighted by atomic mass is 32.1. The van der Waals surface area contributed by atoms with Crippen molar-refractivity contribution in [3.05, 3.63) is 0 Å². The van der Waals surface area contributed by atoms with Crippen LogP contribution >= 0.6 is 24.4 Å². The summed E-state index contributed by atoms with van der Waals surface area (Å²) in [6.45, 7) is 0. The van der Waals surface area contributed by atoms with E-state index in [4.69, 9.17) is 0 Å². The van der Waals surface area contributed by atoms with Crippen molar-refractivity contribution >= 4 is 34.7 Å². The van der Waals surface area contributed by atoms with Crippen LogP contribution < -0.4 is 22.9 Å². The van der Waals surface area contributed by atoms with E-state index >= 15 is 0 Å². The minimum absolute atomic E-state index is 0.000000000000000222. The van der Waals surface area contributed by atoms with Crippen molar-refractivity contribution < 1.29 is 0 Å². The minimum Gasteiger partial charge on any atom is -0.377 e. The first-order valence-electron chi connectivity index (χ1n) is 1.56. The Kier molecular flexibility index (Phi) is 8.28. The number of rotatable bonds is 0. The van der Waals surface area contributed by atoms with Crippen molar-refractivity contribution in [1.82, 2.24) is 0 Å². The van der Waals surface area contributed by atoms with E-state index in [-0.39, 0.29) is 10.2 Å². The second-order valence-corrected chi connectivity index (χ2v) is 1.75. The van der Waals surface area contributed by atoms with E-state index in [1.165, 1.54) is 0 Å². The third-order valence-electron chi connectivity index (χ3n) is 0. The van der Waals surface area contributed by atoms with Gasteiger partial charge in [-0.3, -0.25) is 0 Å². The fourth-order valence-corrected chi connectivity index (χ4v) is 0. The first-order chi connectivity index (χ1) is 3.46. The number of hydrogen-bond donors (Lipinski definition) is 4. The molecule has 0 aromatic rings. The highest BCUT2D eigenvalue weighted by Crippen LogP contribution is 1.32. The van der Waals surface area contributed by atoms with Gasteiger partial charge >= 0.3 is 0 Å². The van der Waals surface area contributed by atoms with Crippen molar-refractivity contribution in [2.24, 2.45) is 22.9 Å². The summed E-state index contributed by atoms with van der Waals surface area (Å²) in [5.41, 5.74) is 18.5. The molecule has 0 amide bonds. The third kappa shape index (κ3) is 269. The van der Waals surface area contributed by atoms with Crippen molar-refractivity contribution in [2.45, 2.75) is 0 Å². The molecule has 8 N–H and O–H groups in total. The first-order valence-corrected chi connectivity index (χ1v) is 2.38. The predicted octanol–water partition coefficient (Wildman–Crippen LogP) is -1.62. The van der Waals surface area contributed by atoms with E-state index in [0.29, 0.717) is 0 Å². The molecule has 0 aliphatic carbocycles. The van der Waals surface area contributed by atoms with Crippen LogP contribution in [-0.4, -0.2) is 10.2 Å². The van der Waals surface area contributed by atoms with Gasteiger partial charge in [-0.25, -0.2) is 0 Å². The Bertz CT molecular complexity index is 70.0. The van der Waals surface area contributed by atoms with Crippen molar-refractivity contribution in [1.29, 1.82) is 0 Å². The molecule has 6 heteroatoms. The van der Waals surface area contributed by atoms with Gasteiger partial charge in [-0.05, 0) is 24.4 Å². The first kappa shape index (κ1) is 10.4. The van der Waals surface area contributed by atoms with Crippen LogP contribution in [0.3, 0.4) is 0 Å². The summed E-state index contributed by atoms with van der Waals surface area (Å²) in [5.74, 6) is 0. The number of nitrogens with two attached hydrogens (primary N) is 4. The Balaban J connectivity index is 0. The maximum Gasteiger partial charge on any atom is 0.160 e. The van der Waals surface area contributed by atoms with E-state index in [1.54, 1.807) is 0 Å². The predicted molar refractivity (Wildman–Crippen MR) is 41.9 cm³/mol. The van der Waals surface area contributed by atoms with E-state index in [2.05, 4.69) is 47.4 Å². The van der Waals surface area contributed by atoms with Gasteiger partial charge in [0, 0.05) is 0 Å². The van der Waals surface area contributed by atoms with Gasteiger partial charge < -0.3 is 22.9 Å². The number of thiocarbonyl (C=S) groups is 2. The Morgan fingerprint density at radius 1 is 0.750 bits per heavy atom. The van der Waals surface area contributed by atoms with Crippen LogP contribution in [-0.2, 0) is 0 Å². The van der Waals surface area contributed by atoms with Gasteiger partial charge in [0.2, 0.25) is 0 Å². The molecule has 48 valence electrons. The molecule has 0 aromatic heterocycles. The van der Waals surface area contributed by atoms with Crippen LogP contribution in [0, 0.1) is 0 Å². The molecule has 0 spiro atoms. The van der Waals surface area contributed by atoms with Crippen LogP contribution in [0.25, 0.3) is 0 Å². The van der Waals surface area contributed by atoms with Crippen LogP contribution in [0.1, 0.15) is 0 Å². The highest BCUT2D eigenvalue weighted by Gasteiger charge is 1.53. The molecule has 0 aliphatic rings. The van der Waals surface area contributed by atoms with Crippen LogP contribution in [0.15, 0.2) is 0 Å². The molecule has 0 heterocycles. The van der Waals surface area contributed by atoms with Gasteiger partial charge in [0.15, 0.2) is 10.2 Å². The minimum atomic E-state index is 0.000000000000000222. The summed E-state index contributed by atoms with van der Waals surface area (Å²) >= 11 is 8.19. The second kappa shape index (κ2) is 6.38. The molecule has 0 unspecified atom stereocenters. The normalized spacial score (nSPS) is 6.00. The largest absolute Gasteiger partial charge is 0.377 e. The van der Waals surface area contributed by atoms with E-state index in [9.17, 15) is 0 Å². The van der Waals surface area contributed by atoms with E-state index < -0.39 is 0 Å². The fraction of sp³-hybridized carbons (Fsp3) is 0. The Hall–Kier alpha value is -0.620. The summed E-state index contributed by atoms with van der Waals surface area (Å²) in [5, 5.41) is 0.000000000000000444. The molecule has 0 bridgehead atoms. The summed E-state index contributed by atoms with van der Waals surface area (Å²) in [6.07, 6.45) is 0. The molecule has 0 fully saturated rings. The van der Waals surface area contributed by atoms with Crippen LogP contribution in [0.5, 0.6) is 0 Å². The molecule has 0 saturated carbocycles. The molecular formula is C2H8N4S2. The summed E-state index contributed by atoms with van der Waals surface area (Å²) in [7, 11) is 0. The van der Waals surface area contributed by atoms with Crippen molar-refractivity contribution in [2.75, 3.05) is 0 Å². The maximum absolute atomic E-state index is 4.62. The molecule has 0 aromatic carbocycles. The Morgan fingerprint density at radius 3 is 0.750 bits per heavy atom. The summed E-state index contributed by atoms with van der Waals surface area (Å²) in [6, 6.07) is 0. The molecule has 0 radical (unpaired) electrons. The molecular weight excluding hydrogens is 144 g/mol. The zero-order chi connectivity index (χ0) is 7.15. The quantitative estimate of drug-likeness (QED) is 0.311. The monoisotopic (exact) mass is 152 g/mol.